The highest BCUT2D eigenvalue weighted by atomic mass is 16.3. The molecule has 0 aliphatic carbocycles. The lowest BCUT2D eigenvalue weighted by molar-refractivity contribution is -0.136. The van der Waals surface area contributed by atoms with Crippen molar-refractivity contribution in [1.82, 2.24) is 15.1 Å². The van der Waals surface area contributed by atoms with Crippen LogP contribution < -0.4 is 5.32 Å². The smallest absolute Gasteiger partial charge is 0.329 e. The number of carbonyl (C=O) groups excluding carboxylic acids is 3. The van der Waals surface area contributed by atoms with Gasteiger partial charge in [-0.15, -0.1) is 0 Å². The number of nitrogens with one attached hydrogen (secondary N) is 1. The molecular formula is C17H19N3O5. The maximum absolute atomic E-state index is 12.4. The summed E-state index contributed by atoms with van der Waals surface area (Å²) < 4.78 is 0. The summed E-state index contributed by atoms with van der Waals surface area (Å²) in [7, 11) is 0. The van der Waals surface area contributed by atoms with E-state index >= 15 is 0 Å². The molecule has 0 radical (unpaired) electrons. The molecule has 2 aliphatic heterocycles. The van der Waals surface area contributed by atoms with Gasteiger partial charge >= 0.3 is 6.03 Å². The molecule has 0 atom stereocenters. The van der Waals surface area contributed by atoms with Gasteiger partial charge in [-0.3, -0.25) is 9.59 Å². The van der Waals surface area contributed by atoms with E-state index in [1.165, 1.54) is 18.2 Å². The molecule has 1 aromatic carbocycles. The van der Waals surface area contributed by atoms with Crippen LogP contribution in [0.4, 0.5) is 4.79 Å². The highest BCUT2D eigenvalue weighted by Gasteiger charge is 2.36. The van der Waals surface area contributed by atoms with Gasteiger partial charge in [0.25, 0.3) is 5.91 Å². The Morgan fingerprint density at radius 2 is 1.88 bits per heavy atom. The van der Waals surface area contributed by atoms with Crippen LogP contribution in [-0.2, 0) is 9.59 Å². The molecule has 0 saturated carbocycles. The summed E-state index contributed by atoms with van der Waals surface area (Å²) in [4.78, 5) is 39.2. The fourth-order valence-electron chi connectivity index (χ4n) is 2.90. The number of amides is 4. The van der Waals surface area contributed by atoms with Gasteiger partial charge in [-0.25, -0.2) is 9.69 Å². The molecule has 0 bridgehead atoms. The number of imide groups is 1. The van der Waals surface area contributed by atoms with Gasteiger partial charge in [-0.2, -0.15) is 0 Å². The number of benzene rings is 1. The van der Waals surface area contributed by atoms with Crippen LogP contribution in [0.25, 0.3) is 6.08 Å². The zero-order valence-electron chi connectivity index (χ0n) is 13.6. The molecule has 8 nitrogen and oxygen atoms in total. The summed E-state index contributed by atoms with van der Waals surface area (Å²) in [5.41, 5.74) is 0.239. The Morgan fingerprint density at radius 1 is 1.16 bits per heavy atom. The zero-order chi connectivity index (χ0) is 18.0. The fraction of sp³-hybridized carbons (Fsp3) is 0.353. The van der Waals surface area contributed by atoms with Crippen molar-refractivity contribution in [3.05, 3.63) is 29.5 Å². The van der Waals surface area contributed by atoms with Gasteiger partial charge in [-0.1, -0.05) is 0 Å². The van der Waals surface area contributed by atoms with Crippen LogP contribution in [0.3, 0.4) is 0 Å². The minimum atomic E-state index is -0.667. The number of nitrogens with zero attached hydrogens (tertiary/aromatic N) is 2. The second kappa shape index (κ2) is 6.84. The quantitative estimate of drug-likeness (QED) is 0.559. The maximum atomic E-state index is 12.4. The monoisotopic (exact) mass is 345 g/mol. The normalized spacial score (nSPS) is 19.4. The van der Waals surface area contributed by atoms with E-state index in [2.05, 4.69) is 5.32 Å². The summed E-state index contributed by atoms with van der Waals surface area (Å²) in [6.07, 6.45) is 4.24. The van der Waals surface area contributed by atoms with Crippen molar-refractivity contribution in [1.29, 1.82) is 0 Å². The van der Waals surface area contributed by atoms with Crippen molar-refractivity contribution in [2.75, 3.05) is 19.6 Å². The van der Waals surface area contributed by atoms with Crippen LogP contribution in [0.2, 0.25) is 0 Å². The lowest BCUT2D eigenvalue weighted by atomic mass is 10.1. The Bertz CT molecular complexity index is 753. The highest BCUT2D eigenvalue weighted by Crippen LogP contribution is 2.25. The highest BCUT2D eigenvalue weighted by molar-refractivity contribution is 6.15. The van der Waals surface area contributed by atoms with E-state index in [1.807, 2.05) is 0 Å². The Hall–Kier alpha value is -3.03. The number of likely N-dealkylation sites (tertiary alicyclic amines) is 1. The molecule has 0 spiro atoms. The van der Waals surface area contributed by atoms with Crippen molar-refractivity contribution in [2.45, 2.75) is 19.3 Å². The lowest BCUT2D eigenvalue weighted by Gasteiger charge is -2.27. The number of phenolic OH excluding ortho intramolecular Hbond substituents is 2. The first-order valence-corrected chi connectivity index (χ1v) is 8.10. The summed E-state index contributed by atoms with van der Waals surface area (Å²) >= 11 is 0. The molecule has 132 valence electrons. The average molecular weight is 345 g/mol. The third kappa shape index (κ3) is 3.57. The first-order valence-electron chi connectivity index (χ1n) is 8.10. The van der Waals surface area contributed by atoms with E-state index in [-0.39, 0.29) is 35.2 Å². The number of aromatic hydroxyl groups is 2. The van der Waals surface area contributed by atoms with Crippen molar-refractivity contribution in [3.63, 3.8) is 0 Å². The fourth-order valence-corrected chi connectivity index (χ4v) is 2.90. The second-order valence-electron chi connectivity index (χ2n) is 6.06. The van der Waals surface area contributed by atoms with Gasteiger partial charge in [0.05, 0.1) is 0 Å². The van der Waals surface area contributed by atoms with Gasteiger partial charge in [0, 0.05) is 24.7 Å². The first kappa shape index (κ1) is 16.8. The van der Waals surface area contributed by atoms with Crippen molar-refractivity contribution < 1.29 is 24.6 Å². The number of rotatable bonds is 3. The largest absolute Gasteiger partial charge is 0.508 e. The standard InChI is InChI=1S/C17H19N3O5/c21-12-5-4-11(14(22)9-12)8-13-16(24)20(17(25)18-13)10-15(23)19-6-2-1-3-7-19/h4-5,8-9,21-22H,1-3,6-7,10H2,(H,18,25)/b13-8-. The topological polar surface area (TPSA) is 110 Å². The summed E-state index contributed by atoms with van der Waals surface area (Å²) in [6.45, 7) is 0.989. The summed E-state index contributed by atoms with van der Waals surface area (Å²) in [5.74, 6) is -1.22. The third-order valence-electron chi connectivity index (χ3n) is 4.28. The van der Waals surface area contributed by atoms with Gasteiger partial charge in [-0.05, 0) is 37.5 Å². The Morgan fingerprint density at radius 3 is 2.56 bits per heavy atom. The molecule has 0 aromatic heterocycles. The van der Waals surface area contributed by atoms with Crippen molar-refractivity contribution >= 4 is 23.9 Å². The minimum Gasteiger partial charge on any atom is -0.508 e. The van der Waals surface area contributed by atoms with Gasteiger partial charge in [0.1, 0.15) is 23.7 Å². The predicted octanol–water partition coefficient (Wildman–Crippen LogP) is 1.00. The molecule has 1 aromatic rings. The maximum Gasteiger partial charge on any atom is 0.329 e. The third-order valence-corrected chi connectivity index (χ3v) is 4.28. The molecule has 0 unspecified atom stereocenters. The van der Waals surface area contributed by atoms with E-state index in [4.69, 9.17) is 0 Å². The number of phenols is 2. The molecule has 25 heavy (non-hydrogen) atoms. The van der Waals surface area contributed by atoms with Gasteiger partial charge in [0.15, 0.2) is 0 Å². The molecule has 2 aliphatic rings. The minimum absolute atomic E-state index is 0.0302. The van der Waals surface area contributed by atoms with E-state index in [1.54, 1.807) is 4.90 Å². The SMILES string of the molecule is O=C(CN1C(=O)N/C(=C\c2ccc(O)cc2O)C1=O)N1CCCCC1. The molecular weight excluding hydrogens is 326 g/mol. The average Bonchev–Trinajstić information content (AvgIpc) is 2.85. The number of carbonyl (C=O) groups is 3. The molecule has 3 N–H and O–H groups in total. The van der Waals surface area contributed by atoms with Crippen LogP contribution in [0.5, 0.6) is 11.5 Å². The summed E-state index contributed by atoms with van der Waals surface area (Å²) in [5, 5.41) is 21.5. The first-order chi connectivity index (χ1) is 12.0. The van der Waals surface area contributed by atoms with Crippen molar-refractivity contribution in [3.8, 4) is 11.5 Å². The zero-order valence-corrected chi connectivity index (χ0v) is 13.6. The van der Waals surface area contributed by atoms with E-state index in [9.17, 15) is 24.6 Å². The number of hydrogen-bond acceptors (Lipinski definition) is 5. The molecule has 4 amide bonds. The Labute approximate surface area is 144 Å². The number of hydrogen-bond donors (Lipinski definition) is 3. The van der Waals surface area contributed by atoms with E-state index in [0.29, 0.717) is 13.1 Å². The predicted molar refractivity (Wildman–Crippen MR) is 88.4 cm³/mol. The van der Waals surface area contributed by atoms with E-state index < -0.39 is 11.9 Å². The molecule has 2 fully saturated rings. The molecule has 3 rings (SSSR count). The number of piperidine rings is 1. The summed E-state index contributed by atoms with van der Waals surface area (Å²) in [6, 6.07) is 3.23. The van der Waals surface area contributed by atoms with E-state index in [0.717, 1.165) is 30.2 Å². The Balaban J connectivity index is 1.73. The second-order valence-corrected chi connectivity index (χ2v) is 6.06. The van der Waals surface area contributed by atoms with Crippen molar-refractivity contribution in [2.24, 2.45) is 0 Å². The Kier molecular flexibility index (Phi) is 4.60. The molecule has 8 heteroatoms. The van der Waals surface area contributed by atoms with Gasteiger partial charge in [0.2, 0.25) is 5.91 Å². The number of urea groups is 1. The van der Waals surface area contributed by atoms with Crippen LogP contribution in [0, 0.1) is 0 Å². The lowest BCUT2D eigenvalue weighted by Crippen LogP contribution is -2.44. The van der Waals surface area contributed by atoms with Crippen LogP contribution in [0.1, 0.15) is 24.8 Å². The molecule has 2 heterocycles. The van der Waals surface area contributed by atoms with Crippen LogP contribution in [0.15, 0.2) is 23.9 Å². The van der Waals surface area contributed by atoms with Crippen LogP contribution in [-0.4, -0.2) is 57.5 Å². The van der Waals surface area contributed by atoms with Crippen LogP contribution >= 0.6 is 0 Å². The van der Waals surface area contributed by atoms with Gasteiger partial charge < -0.3 is 20.4 Å². The molecule has 2 saturated heterocycles.